The summed E-state index contributed by atoms with van der Waals surface area (Å²) in [5.41, 5.74) is 0.769. The van der Waals surface area contributed by atoms with Gasteiger partial charge in [0.25, 0.3) is 5.91 Å². The smallest absolute Gasteiger partial charge is 0.322 e. The zero-order valence-corrected chi connectivity index (χ0v) is 12.7. The van der Waals surface area contributed by atoms with Crippen LogP contribution >= 0.6 is 0 Å². The third-order valence-electron chi connectivity index (χ3n) is 4.17. The van der Waals surface area contributed by atoms with Crippen molar-refractivity contribution in [3.05, 3.63) is 29.3 Å². The van der Waals surface area contributed by atoms with Crippen LogP contribution in [0, 0.1) is 0 Å². The SMILES string of the molecule is CCCCc1ccc2c(c1)[S+]([O-])CCC21NC(=O)NC1=O. The molecule has 0 bridgehead atoms. The lowest BCUT2D eigenvalue weighted by atomic mass is 9.86. The van der Waals surface area contributed by atoms with E-state index >= 15 is 0 Å². The standard InChI is InChI=1S/C15H18N2O3S/c1-2-3-4-10-5-6-11-12(9-10)21(20)8-7-15(11)13(18)16-14(19)17-15/h5-6,9H,2-4,7-8H2,1H3,(H2,16,17,18,19). The number of nitrogens with one attached hydrogen (secondary N) is 2. The van der Waals surface area contributed by atoms with Gasteiger partial charge in [0.2, 0.25) is 0 Å². The molecule has 2 aliphatic rings. The Morgan fingerprint density at radius 3 is 2.86 bits per heavy atom. The van der Waals surface area contributed by atoms with Crippen molar-refractivity contribution in [2.45, 2.75) is 43.0 Å². The number of imide groups is 1. The summed E-state index contributed by atoms with van der Waals surface area (Å²) in [6, 6.07) is 5.27. The number of fused-ring (bicyclic) bond motifs is 2. The lowest BCUT2D eigenvalue weighted by Gasteiger charge is -2.33. The van der Waals surface area contributed by atoms with Crippen molar-refractivity contribution in [3.8, 4) is 0 Å². The average Bonchev–Trinajstić information content (AvgIpc) is 2.76. The van der Waals surface area contributed by atoms with Gasteiger partial charge in [0.05, 0.1) is 0 Å². The zero-order chi connectivity index (χ0) is 15.0. The molecule has 6 heteroatoms. The summed E-state index contributed by atoms with van der Waals surface area (Å²) in [5.74, 6) is 0.0459. The van der Waals surface area contributed by atoms with E-state index in [2.05, 4.69) is 17.6 Å². The van der Waals surface area contributed by atoms with Crippen LogP contribution in [0.4, 0.5) is 4.79 Å². The molecule has 0 radical (unpaired) electrons. The minimum atomic E-state index is -1.11. The van der Waals surface area contributed by atoms with Gasteiger partial charge in [-0.05, 0) is 35.6 Å². The van der Waals surface area contributed by atoms with Crippen LogP contribution < -0.4 is 10.6 Å². The Morgan fingerprint density at radius 2 is 2.19 bits per heavy atom. The van der Waals surface area contributed by atoms with Crippen molar-refractivity contribution < 1.29 is 14.1 Å². The number of aryl methyl sites for hydroxylation is 1. The molecule has 2 heterocycles. The Bertz CT molecular complexity index is 605. The van der Waals surface area contributed by atoms with E-state index in [1.165, 1.54) is 0 Å². The fourth-order valence-electron chi connectivity index (χ4n) is 2.99. The minimum absolute atomic E-state index is 0.341. The van der Waals surface area contributed by atoms with Crippen LogP contribution in [0.25, 0.3) is 0 Å². The molecule has 0 saturated carbocycles. The lowest BCUT2D eigenvalue weighted by molar-refractivity contribution is -0.124. The van der Waals surface area contributed by atoms with E-state index in [0.717, 1.165) is 24.8 Å². The number of rotatable bonds is 3. The number of amides is 3. The number of hydrogen-bond donors (Lipinski definition) is 2. The highest BCUT2D eigenvalue weighted by molar-refractivity contribution is 7.91. The minimum Gasteiger partial charge on any atom is -0.611 e. The number of urea groups is 1. The van der Waals surface area contributed by atoms with Gasteiger partial charge in [-0.3, -0.25) is 10.1 Å². The highest BCUT2D eigenvalue weighted by atomic mass is 32.2. The first kappa shape index (κ1) is 14.4. The summed E-state index contributed by atoms with van der Waals surface area (Å²) in [5, 5.41) is 5.02. The van der Waals surface area contributed by atoms with Gasteiger partial charge in [-0.15, -0.1) is 0 Å². The molecular weight excluding hydrogens is 288 g/mol. The monoisotopic (exact) mass is 306 g/mol. The first-order chi connectivity index (χ1) is 10.1. The van der Waals surface area contributed by atoms with Gasteiger partial charge < -0.3 is 9.87 Å². The van der Waals surface area contributed by atoms with Crippen molar-refractivity contribution in [1.29, 1.82) is 0 Å². The van der Waals surface area contributed by atoms with Crippen LogP contribution in [0.2, 0.25) is 0 Å². The van der Waals surface area contributed by atoms with Crippen molar-refractivity contribution in [3.63, 3.8) is 0 Å². The third-order valence-corrected chi connectivity index (χ3v) is 5.58. The highest BCUT2D eigenvalue weighted by Gasteiger charge is 2.53. The normalized spacial score (nSPS) is 27.4. The molecule has 1 aromatic carbocycles. The Balaban J connectivity index is 2.03. The Labute approximate surface area is 126 Å². The molecule has 0 aromatic heterocycles. The quantitative estimate of drug-likeness (QED) is 0.657. The fraction of sp³-hybridized carbons (Fsp3) is 0.467. The van der Waals surface area contributed by atoms with Gasteiger partial charge in [0, 0.05) is 12.0 Å². The van der Waals surface area contributed by atoms with Crippen LogP contribution in [-0.2, 0) is 27.9 Å². The number of carbonyl (C=O) groups is 2. The maximum atomic E-state index is 12.3. The second-order valence-corrected chi connectivity index (χ2v) is 7.09. The van der Waals surface area contributed by atoms with Crippen LogP contribution in [0.1, 0.15) is 37.3 Å². The van der Waals surface area contributed by atoms with Gasteiger partial charge in [-0.2, -0.15) is 0 Å². The summed E-state index contributed by atoms with van der Waals surface area (Å²) in [7, 11) is 0. The lowest BCUT2D eigenvalue weighted by Crippen LogP contribution is -2.48. The van der Waals surface area contributed by atoms with E-state index in [0.29, 0.717) is 22.6 Å². The second-order valence-electron chi connectivity index (χ2n) is 5.55. The molecule has 3 amide bonds. The van der Waals surface area contributed by atoms with Gasteiger partial charge in [0.15, 0.2) is 10.4 Å². The average molecular weight is 306 g/mol. The van der Waals surface area contributed by atoms with Gasteiger partial charge in [0.1, 0.15) is 5.75 Å². The summed E-state index contributed by atoms with van der Waals surface area (Å²) in [6.45, 7) is 2.13. The predicted molar refractivity (Wildman–Crippen MR) is 79.3 cm³/mol. The fourth-order valence-corrected chi connectivity index (χ4v) is 4.47. The molecule has 21 heavy (non-hydrogen) atoms. The molecular formula is C15H18N2O3S. The van der Waals surface area contributed by atoms with Gasteiger partial charge >= 0.3 is 6.03 Å². The van der Waals surface area contributed by atoms with E-state index in [1.54, 1.807) is 0 Å². The molecule has 1 fully saturated rings. The van der Waals surface area contributed by atoms with Gasteiger partial charge in [-0.25, -0.2) is 4.79 Å². The molecule has 5 nitrogen and oxygen atoms in total. The molecule has 1 saturated heterocycles. The number of unbranched alkanes of at least 4 members (excludes halogenated alkanes) is 1. The molecule has 3 rings (SSSR count). The molecule has 2 atom stereocenters. The zero-order valence-electron chi connectivity index (χ0n) is 11.9. The highest BCUT2D eigenvalue weighted by Crippen LogP contribution is 2.39. The van der Waals surface area contributed by atoms with Crippen molar-refractivity contribution in [1.82, 2.24) is 10.6 Å². The maximum absolute atomic E-state index is 12.3. The summed E-state index contributed by atoms with van der Waals surface area (Å²) >= 11 is -1.11. The van der Waals surface area contributed by atoms with Crippen molar-refractivity contribution >= 4 is 23.1 Å². The summed E-state index contributed by atoms with van der Waals surface area (Å²) in [4.78, 5) is 24.4. The van der Waals surface area contributed by atoms with E-state index < -0.39 is 22.7 Å². The van der Waals surface area contributed by atoms with E-state index in [1.807, 2.05) is 18.2 Å². The van der Waals surface area contributed by atoms with E-state index in [-0.39, 0.29) is 5.91 Å². The van der Waals surface area contributed by atoms with E-state index in [9.17, 15) is 14.1 Å². The topological polar surface area (TPSA) is 81.3 Å². The summed E-state index contributed by atoms with van der Waals surface area (Å²) in [6.07, 6.45) is 3.49. The molecule has 2 N–H and O–H groups in total. The second kappa shape index (κ2) is 5.35. The summed E-state index contributed by atoms with van der Waals surface area (Å²) < 4.78 is 12.3. The largest absolute Gasteiger partial charge is 0.611 e. The number of hydrogen-bond acceptors (Lipinski definition) is 3. The predicted octanol–water partition coefficient (Wildman–Crippen LogP) is 1.58. The number of benzene rings is 1. The first-order valence-electron chi connectivity index (χ1n) is 7.22. The van der Waals surface area contributed by atoms with Gasteiger partial charge in [-0.1, -0.05) is 25.5 Å². The van der Waals surface area contributed by atoms with Crippen LogP contribution in [0.5, 0.6) is 0 Å². The Kier molecular flexibility index (Phi) is 3.67. The molecule has 1 aromatic rings. The first-order valence-corrected chi connectivity index (χ1v) is 8.54. The molecule has 0 aliphatic carbocycles. The number of carbonyl (C=O) groups excluding carboxylic acids is 2. The van der Waals surface area contributed by atoms with Crippen molar-refractivity contribution in [2.75, 3.05) is 5.75 Å². The molecule has 2 unspecified atom stereocenters. The maximum Gasteiger partial charge on any atom is 0.322 e. The van der Waals surface area contributed by atoms with Crippen LogP contribution in [0.3, 0.4) is 0 Å². The Morgan fingerprint density at radius 1 is 1.38 bits per heavy atom. The third kappa shape index (κ3) is 2.32. The molecule has 2 aliphatic heterocycles. The van der Waals surface area contributed by atoms with Crippen LogP contribution in [-0.4, -0.2) is 22.2 Å². The van der Waals surface area contributed by atoms with Crippen LogP contribution in [0.15, 0.2) is 23.1 Å². The van der Waals surface area contributed by atoms with Crippen molar-refractivity contribution in [2.24, 2.45) is 0 Å². The molecule has 112 valence electrons. The molecule has 1 spiro atoms. The van der Waals surface area contributed by atoms with E-state index in [4.69, 9.17) is 0 Å². The Hall–Kier alpha value is -1.53.